The molecule has 1 spiro atoms. The maximum absolute atomic E-state index is 12.4. The van der Waals surface area contributed by atoms with Crippen molar-refractivity contribution in [1.82, 2.24) is 19.8 Å². The number of carbonyl (C=O) groups excluding carboxylic acids is 2. The van der Waals surface area contributed by atoms with Crippen LogP contribution in [-0.4, -0.2) is 64.9 Å². The highest BCUT2D eigenvalue weighted by atomic mass is 16.5. The Kier molecular flexibility index (Phi) is 5.32. The lowest BCUT2D eigenvalue weighted by Gasteiger charge is -2.48. The minimum atomic E-state index is -0.198. The normalized spacial score (nSPS) is 24.6. The molecule has 3 rings (SSSR count). The van der Waals surface area contributed by atoms with Crippen LogP contribution >= 0.6 is 0 Å². The number of aromatic nitrogens is 2. The molecular formula is C18H26N4O3. The van der Waals surface area contributed by atoms with E-state index in [1.165, 1.54) is 7.11 Å². The Balaban J connectivity index is 1.67. The molecular weight excluding hydrogens is 320 g/mol. The van der Waals surface area contributed by atoms with E-state index in [-0.39, 0.29) is 17.3 Å². The second-order valence-electron chi connectivity index (χ2n) is 7.29. The number of esters is 1. The fourth-order valence-corrected chi connectivity index (χ4v) is 3.97. The number of nitrogens with zero attached hydrogens (tertiary/aromatic N) is 4. The van der Waals surface area contributed by atoms with Gasteiger partial charge in [0.2, 0.25) is 5.91 Å². The van der Waals surface area contributed by atoms with E-state index in [2.05, 4.69) is 14.9 Å². The summed E-state index contributed by atoms with van der Waals surface area (Å²) in [5, 5.41) is 0. The van der Waals surface area contributed by atoms with E-state index < -0.39 is 0 Å². The predicted octanol–water partition coefficient (Wildman–Crippen LogP) is 1.16. The van der Waals surface area contributed by atoms with Crippen LogP contribution in [0.25, 0.3) is 0 Å². The van der Waals surface area contributed by atoms with Crippen molar-refractivity contribution in [3.63, 3.8) is 0 Å². The van der Waals surface area contributed by atoms with Crippen LogP contribution in [0.5, 0.6) is 0 Å². The van der Waals surface area contributed by atoms with Gasteiger partial charge < -0.3 is 9.64 Å². The third-order valence-corrected chi connectivity index (χ3v) is 5.26. The molecule has 3 heterocycles. The van der Waals surface area contributed by atoms with Crippen molar-refractivity contribution < 1.29 is 14.3 Å². The molecule has 0 unspecified atom stereocenters. The minimum absolute atomic E-state index is 0.0678. The van der Waals surface area contributed by atoms with Gasteiger partial charge in [0.05, 0.1) is 37.8 Å². The van der Waals surface area contributed by atoms with E-state index in [1.807, 2.05) is 11.8 Å². The van der Waals surface area contributed by atoms with Crippen LogP contribution < -0.4 is 0 Å². The lowest BCUT2D eigenvalue weighted by molar-refractivity contribution is -0.146. The largest absolute Gasteiger partial charge is 0.468 e. The predicted molar refractivity (Wildman–Crippen MR) is 91.5 cm³/mol. The summed E-state index contributed by atoms with van der Waals surface area (Å²) in [4.78, 5) is 36.7. The zero-order valence-electron chi connectivity index (χ0n) is 15.0. The molecule has 0 radical (unpaired) electrons. The number of piperidine rings is 2. The Morgan fingerprint density at radius 1 is 1.28 bits per heavy atom. The summed E-state index contributed by atoms with van der Waals surface area (Å²) in [6.07, 6.45) is 7.06. The SMILES string of the molecule is COC(=O)CN1CCC[C@]2(CCC(=O)N(Cc3cnc(C)cn3)C2)C1. The summed E-state index contributed by atoms with van der Waals surface area (Å²) in [5.41, 5.74) is 1.76. The maximum Gasteiger partial charge on any atom is 0.319 e. The number of hydrogen-bond donors (Lipinski definition) is 0. The molecule has 1 amide bonds. The van der Waals surface area contributed by atoms with Gasteiger partial charge in [0, 0.05) is 31.1 Å². The Bertz CT molecular complexity index is 634. The zero-order valence-corrected chi connectivity index (χ0v) is 15.0. The molecule has 0 N–H and O–H groups in total. The fraction of sp³-hybridized carbons (Fsp3) is 0.667. The first-order valence-electron chi connectivity index (χ1n) is 8.84. The summed E-state index contributed by atoms with van der Waals surface area (Å²) >= 11 is 0. The van der Waals surface area contributed by atoms with E-state index in [4.69, 9.17) is 4.74 Å². The molecule has 1 aromatic heterocycles. The van der Waals surface area contributed by atoms with Crippen LogP contribution in [0.15, 0.2) is 12.4 Å². The third kappa shape index (κ3) is 4.34. The molecule has 1 atom stereocenters. The average Bonchev–Trinajstić information content (AvgIpc) is 2.60. The lowest BCUT2D eigenvalue weighted by Crippen LogP contribution is -2.54. The van der Waals surface area contributed by atoms with Crippen LogP contribution in [0.4, 0.5) is 0 Å². The van der Waals surface area contributed by atoms with Gasteiger partial charge in [-0.3, -0.25) is 24.5 Å². The Hall–Kier alpha value is -2.02. The first-order valence-corrected chi connectivity index (χ1v) is 8.84. The second-order valence-corrected chi connectivity index (χ2v) is 7.29. The number of methoxy groups -OCH3 is 1. The molecule has 0 aromatic carbocycles. The summed E-state index contributed by atoms with van der Waals surface area (Å²) in [6.45, 7) is 5.20. The van der Waals surface area contributed by atoms with Crippen molar-refractivity contribution in [1.29, 1.82) is 0 Å². The van der Waals surface area contributed by atoms with Gasteiger partial charge >= 0.3 is 5.97 Å². The van der Waals surface area contributed by atoms with Gasteiger partial charge in [-0.25, -0.2) is 0 Å². The van der Waals surface area contributed by atoms with Crippen molar-refractivity contribution >= 4 is 11.9 Å². The van der Waals surface area contributed by atoms with Gasteiger partial charge in [0.25, 0.3) is 0 Å². The van der Waals surface area contributed by atoms with E-state index >= 15 is 0 Å². The van der Waals surface area contributed by atoms with Crippen molar-refractivity contribution in [2.75, 3.05) is 33.3 Å². The summed E-state index contributed by atoms with van der Waals surface area (Å²) < 4.78 is 4.80. The average molecular weight is 346 g/mol. The Morgan fingerprint density at radius 2 is 2.12 bits per heavy atom. The molecule has 0 saturated carbocycles. The highest BCUT2D eigenvalue weighted by Crippen LogP contribution is 2.39. The quantitative estimate of drug-likeness (QED) is 0.762. The molecule has 0 bridgehead atoms. The smallest absolute Gasteiger partial charge is 0.319 e. The summed E-state index contributed by atoms with van der Waals surface area (Å²) in [5.74, 6) is -0.0196. The molecule has 0 aliphatic carbocycles. The van der Waals surface area contributed by atoms with Gasteiger partial charge in [-0.2, -0.15) is 0 Å². The number of ether oxygens (including phenoxy) is 1. The molecule has 2 aliphatic heterocycles. The monoisotopic (exact) mass is 346 g/mol. The van der Waals surface area contributed by atoms with Gasteiger partial charge in [-0.05, 0) is 32.7 Å². The number of aryl methyl sites for hydroxylation is 1. The minimum Gasteiger partial charge on any atom is -0.468 e. The van der Waals surface area contributed by atoms with Crippen molar-refractivity contribution in [2.45, 2.75) is 39.2 Å². The first kappa shape index (κ1) is 17.8. The van der Waals surface area contributed by atoms with Crippen molar-refractivity contribution in [2.24, 2.45) is 5.41 Å². The molecule has 2 aliphatic rings. The number of rotatable bonds is 4. The first-order chi connectivity index (χ1) is 12.0. The Labute approximate surface area is 148 Å². The topological polar surface area (TPSA) is 75.6 Å². The summed E-state index contributed by atoms with van der Waals surface area (Å²) in [7, 11) is 1.42. The molecule has 25 heavy (non-hydrogen) atoms. The van der Waals surface area contributed by atoms with E-state index in [0.29, 0.717) is 19.5 Å². The zero-order chi connectivity index (χ0) is 17.9. The van der Waals surface area contributed by atoms with Crippen molar-refractivity contribution in [3.8, 4) is 0 Å². The molecule has 7 heteroatoms. The Morgan fingerprint density at radius 3 is 2.84 bits per heavy atom. The number of amides is 1. The second kappa shape index (κ2) is 7.47. The van der Waals surface area contributed by atoms with Crippen LogP contribution in [0.2, 0.25) is 0 Å². The number of likely N-dealkylation sites (tertiary alicyclic amines) is 2. The maximum atomic E-state index is 12.4. The number of hydrogen-bond acceptors (Lipinski definition) is 6. The van der Waals surface area contributed by atoms with Crippen molar-refractivity contribution in [3.05, 3.63) is 23.8 Å². The molecule has 7 nitrogen and oxygen atoms in total. The van der Waals surface area contributed by atoms with Gasteiger partial charge in [-0.15, -0.1) is 0 Å². The molecule has 1 aromatic rings. The third-order valence-electron chi connectivity index (χ3n) is 5.26. The van der Waals surface area contributed by atoms with Gasteiger partial charge in [-0.1, -0.05) is 0 Å². The molecule has 136 valence electrons. The van der Waals surface area contributed by atoms with E-state index in [0.717, 1.165) is 50.3 Å². The number of carbonyl (C=O) groups is 2. The lowest BCUT2D eigenvalue weighted by atomic mass is 9.73. The fourth-order valence-electron chi connectivity index (χ4n) is 3.97. The highest BCUT2D eigenvalue weighted by molar-refractivity contribution is 5.77. The van der Waals surface area contributed by atoms with Gasteiger partial charge in [0.15, 0.2) is 0 Å². The van der Waals surface area contributed by atoms with E-state index in [9.17, 15) is 9.59 Å². The standard InChI is InChI=1S/C18H26N4O3/c1-14-8-20-15(9-19-14)10-22-13-18(6-4-16(22)23)5-3-7-21(12-18)11-17(24)25-2/h8-9H,3-7,10-13H2,1-2H3/t18-/m0/s1. The van der Waals surface area contributed by atoms with Crippen LogP contribution in [0.3, 0.4) is 0 Å². The van der Waals surface area contributed by atoms with E-state index in [1.54, 1.807) is 12.4 Å². The van der Waals surface area contributed by atoms with Crippen LogP contribution in [0, 0.1) is 12.3 Å². The summed E-state index contributed by atoms with van der Waals surface area (Å²) in [6, 6.07) is 0. The molecule has 2 fully saturated rings. The van der Waals surface area contributed by atoms with Gasteiger partial charge in [0.1, 0.15) is 0 Å². The van der Waals surface area contributed by atoms with Crippen LogP contribution in [-0.2, 0) is 20.9 Å². The molecule has 2 saturated heterocycles. The highest BCUT2D eigenvalue weighted by Gasteiger charge is 2.42. The van der Waals surface area contributed by atoms with Crippen LogP contribution in [0.1, 0.15) is 37.1 Å².